The molecule has 2 aromatic heterocycles. The lowest BCUT2D eigenvalue weighted by atomic mass is 10.3. The number of hydrogen-bond donors (Lipinski definition) is 0. The molecule has 0 aliphatic heterocycles. The van der Waals surface area contributed by atoms with Crippen LogP contribution in [0.3, 0.4) is 0 Å². The highest BCUT2D eigenvalue weighted by molar-refractivity contribution is 6.17. The molecule has 2 heterocycles. The zero-order valence-electron chi connectivity index (χ0n) is 10.9. The molecule has 0 atom stereocenters. The Morgan fingerprint density at radius 3 is 2.90 bits per heavy atom. The van der Waals surface area contributed by atoms with Crippen LogP contribution >= 0.6 is 11.6 Å². The van der Waals surface area contributed by atoms with Gasteiger partial charge in [-0.25, -0.2) is 9.37 Å². The van der Waals surface area contributed by atoms with Crippen molar-refractivity contribution in [1.29, 1.82) is 0 Å². The molecule has 1 aromatic carbocycles. The van der Waals surface area contributed by atoms with Gasteiger partial charge in [0.15, 0.2) is 0 Å². The van der Waals surface area contributed by atoms with Crippen molar-refractivity contribution in [2.75, 3.05) is 5.88 Å². The minimum Gasteiger partial charge on any atom is -0.361 e. The Bertz CT molecular complexity index is 750. The number of nitrogens with zero attached hydrogens (tertiary/aromatic N) is 3. The van der Waals surface area contributed by atoms with Crippen LogP contribution in [0.15, 0.2) is 28.8 Å². The van der Waals surface area contributed by atoms with E-state index in [1.807, 2.05) is 17.6 Å². The Kier molecular flexibility index (Phi) is 3.44. The van der Waals surface area contributed by atoms with E-state index in [2.05, 4.69) is 10.1 Å². The molecule has 6 heteroatoms. The van der Waals surface area contributed by atoms with Crippen LogP contribution in [-0.4, -0.2) is 20.6 Å². The fraction of sp³-hybridized carbons (Fsp3) is 0.286. The van der Waals surface area contributed by atoms with Gasteiger partial charge in [-0.1, -0.05) is 5.16 Å². The number of hydrogen-bond acceptors (Lipinski definition) is 3. The second-order valence-electron chi connectivity index (χ2n) is 4.62. The molecule has 3 rings (SSSR count). The van der Waals surface area contributed by atoms with Crippen LogP contribution in [0.25, 0.3) is 11.0 Å². The van der Waals surface area contributed by atoms with Crippen molar-refractivity contribution in [3.05, 3.63) is 47.4 Å². The predicted molar refractivity (Wildman–Crippen MR) is 74.5 cm³/mol. The van der Waals surface area contributed by atoms with Crippen molar-refractivity contribution in [2.24, 2.45) is 0 Å². The summed E-state index contributed by atoms with van der Waals surface area (Å²) in [5.41, 5.74) is 2.31. The maximum Gasteiger partial charge on any atom is 0.133 e. The van der Waals surface area contributed by atoms with Gasteiger partial charge in [0.2, 0.25) is 0 Å². The largest absolute Gasteiger partial charge is 0.361 e. The molecule has 0 saturated heterocycles. The molecule has 0 radical (unpaired) electrons. The molecule has 4 nitrogen and oxygen atoms in total. The van der Waals surface area contributed by atoms with Crippen LogP contribution < -0.4 is 0 Å². The highest BCUT2D eigenvalue weighted by Gasteiger charge is 2.13. The second-order valence-corrected chi connectivity index (χ2v) is 4.99. The highest BCUT2D eigenvalue weighted by atomic mass is 35.5. The third-order valence-corrected chi connectivity index (χ3v) is 3.29. The Morgan fingerprint density at radius 1 is 1.35 bits per heavy atom. The zero-order chi connectivity index (χ0) is 14.1. The third kappa shape index (κ3) is 2.41. The topological polar surface area (TPSA) is 43.9 Å². The number of alkyl halides is 1. The summed E-state index contributed by atoms with van der Waals surface area (Å²) in [6.07, 6.45) is 0.620. The van der Waals surface area contributed by atoms with Crippen molar-refractivity contribution >= 4 is 22.6 Å². The molecule has 0 bridgehead atoms. The number of aryl methyl sites for hydroxylation is 2. The molecule has 0 aliphatic rings. The van der Waals surface area contributed by atoms with Crippen LogP contribution in [0.2, 0.25) is 0 Å². The Morgan fingerprint density at radius 2 is 2.20 bits per heavy atom. The Hall–Kier alpha value is -1.88. The summed E-state index contributed by atoms with van der Waals surface area (Å²) in [5, 5.41) is 3.99. The molecule has 0 fully saturated rings. The van der Waals surface area contributed by atoms with Gasteiger partial charge in [0.25, 0.3) is 0 Å². The lowest BCUT2D eigenvalue weighted by Crippen LogP contribution is -2.06. The zero-order valence-corrected chi connectivity index (χ0v) is 11.7. The van der Waals surface area contributed by atoms with Crippen LogP contribution in [-0.2, 0) is 13.0 Å². The van der Waals surface area contributed by atoms with Crippen molar-refractivity contribution in [2.45, 2.75) is 19.9 Å². The van der Waals surface area contributed by atoms with Gasteiger partial charge in [0.05, 0.1) is 17.6 Å². The quantitative estimate of drug-likeness (QED) is 0.693. The predicted octanol–water partition coefficient (Wildman–Crippen LogP) is 3.30. The SMILES string of the molecule is Cc1cc(Cn2c(CCCl)nc3cc(F)ccc32)no1. The maximum atomic E-state index is 13.3. The van der Waals surface area contributed by atoms with Gasteiger partial charge in [-0.05, 0) is 19.1 Å². The lowest BCUT2D eigenvalue weighted by Gasteiger charge is -2.05. The average Bonchev–Trinajstić information content (AvgIpc) is 2.95. The van der Waals surface area contributed by atoms with Gasteiger partial charge < -0.3 is 9.09 Å². The van der Waals surface area contributed by atoms with E-state index in [-0.39, 0.29) is 5.82 Å². The maximum absolute atomic E-state index is 13.3. The first kappa shape index (κ1) is 13.1. The van der Waals surface area contributed by atoms with E-state index < -0.39 is 0 Å². The smallest absolute Gasteiger partial charge is 0.133 e. The summed E-state index contributed by atoms with van der Waals surface area (Å²) in [4.78, 5) is 4.45. The molecule has 0 N–H and O–H groups in total. The second kappa shape index (κ2) is 5.25. The standard InChI is InChI=1S/C14H13ClFN3O/c1-9-6-11(18-20-9)8-19-13-3-2-10(16)7-12(13)17-14(19)4-5-15/h2-3,6-7H,4-5,8H2,1H3. The van der Waals surface area contributed by atoms with Crippen molar-refractivity contribution < 1.29 is 8.91 Å². The summed E-state index contributed by atoms with van der Waals surface area (Å²) in [5.74, 6) is 1.75. The average molecular weight is 294 g/mol. The monoisotopic (exact) mass is 293 g/mol. The van der Waals surface area contributed by atoms with E-state index in [1.54, 1.807) is 6.07 Å². The van der Waals surface area contributed by atoms with Crippen LogP contribution in [0.5, 0.6) is 0 Å². The van der Waals surface area contributed by atoms with Crippen molar-refractivity contribution in [3.63, 3.8) is 0 Å². The molecule has 0 unspecified atom stereocenters. The van der Waals surface area contributed by atoms with E-state index in [0.717, 1.165) is 22.8 Å². The van der Waals surface area contributed by atoms with Crippen LogP contribution in [0, 0.1) is 12.7 Å². The summed E-state index contributed by atoms with van der Waals surface area (Å²) >= 11 is 5.81. The van der Waals surface area contributed by atoms with E-state index in [1.165, 1.54) is 12.1 Å². The summed E-state index contributed by atoms with van der Waals surface area (Å²) in [6.45, 7) is 2.38. The Balaban J connectivity index is 2.08. The molecule has 20 heavy (non-hydrogen) atoms. The first-order chi connectivity index (χ1) is 9.67. The van der Waals surface area contributed by atoms with Crippen molar-refractivity contribution in [1.82, 2.24) is 14.7 Å². The molecule has 3 aromatic rings. The van der Waals surface area contributed by atoms with E-state index in [9.17, 15) is 4.39 Å². The normalized spacial score (nSPS) is 11.3. The minimum absolute atomic E-state index is 0.295. The number of aromatic nitrogens is 3. The molecular formula is C14H13ClFN3O. The number of halogens is 2. The van der Waals surface area contributed by atoms with Crippen LogP contribution in [0.1, 0.15) is 17.3 Å². The summed E-state index contributed by atoms with van der Waals surface area (Å²) < 4.78 is 20.4. The van der Waals surface area contributed by atoms with E-state index in [0.29, 0.717) is 24.4 Å². The molecular weight excluding hydrogens is 281 g/mol. The molecule has 0 amide bonds. The summed E-state index contributed by atoms with van der Waals surface area (Å²) in [6, 6.07) is 6.46. The Labute approximate surface area is 120 Å². The third-order valence-electron chi connectivity index (χ3n) is 3.10. The van der Waals surface area contributed by atoms with Gasteiger partial charge in [-0.3, -0.25) is 0 Å². The highest BCUT2D eigenvalue weighted by Crippen LogP contribution is 2.20. The molecule has 0 spiro atoms. The minimum atomic E-state index is -0.295. The molecule has 0 aliphatic carbocycles. The van der Waals surface area contributed by atoms with Gasteiger partial charge in [-0.2, -0.15) is 0 Å². The van der Waals surface area contributed by atoms with E-state index in [4.69, 9.17) is 16.1 Å². The summed E-state index contributed by atoms with van der Waals surface area (Å²) in [7, 11) is 0. The van der Waals surface area contributed by atoms with Gasteiger partial charge in [-0.15, -0.1) is 11.6 Å². The lowest BCUT2D eigenvalue weighted by molar-refractivity contribution is 0.389. The molecule has 104 valence electrons. The number of fused-ring (bicyclic) bond motifs is 1. The fourth-order valence-corrected chi connectivity index (χ4v) is 2.43. The first-order valence-electron chi connectivity index (χ1n) is 6.30. The number of benzene rings is 1. The van der Waals surface area contributed by atoms with E-state index >= 15 is 0 Å². The first-order valence-corrected chi connectivity index (χ1v) is 6.83. The fourth-order valence-electron chi connectivity index (χ4n) is 2.26. The van der Waals surface area contributed by atoms with Gasteiger partial charge in [0, 0.05) is 24.4 Å². The number of rotatable bonds is 4. The van der Waals surface area contributed by atoms with Gasteiger partial charge in [0.1, 0.15) is 23.1 Å². The molecule has 0 saturated carbocycles. The van der Waals surface area contributed by atoms with Crippen LogP contribution in [0.4, 0.5) is 4.39 Å². The van der Waals surface area contributed by atoms with Gasteiger partial charge >= 0.3 is 0 Å². The van der Waals surface area contributed by atoms with Crippen molar-refractivity contribution in [3.8, 4) is 0 Å². The number of imidazole rings is 1.